The third kappa shape index (κ3) is 9.81. The average molecular weight is 773 g/mol. The van der Waals surface area contributed by atoms with E-state index in [1.54, 1.807) is 30.3 Å². The number of benzene rings is 4. The number of sulfonamides is 1. The van der Waals surface area contributed by atoms with Crippen LogP contribution in [-0.2, 0) is 32.6 Å². The molecule has 1 atom stereocenters. The van der Waals surface area contributed by atoms with Crippen LogP contribution in [0.4, 0.5) is 5.69 Å². The van der Waals surface area contributed by atoms with Crippen molar-refractivity contribution in [1.29, 1.82) is 0 Å². The molecule has 4 aromatic carbocycles. The minimum Gasteiger partial charge on any atom is -0.497 e. The van der Waals surface area contributed by atoms with Crippen LogP contribution in [0.25, 0.3) is 0 Å². The SMILES string of the molecule is COc1ccc(OC)c(N(CC(=O)N(Cc2ccc(Cl)cc2Cl)C(Cc2ccccc2)C(=O)NCC(C)C)S(=O)(=O)c2ccc(OC)c(OC)c2)c1. The number of hydrogen-bond donors (Lipinski definition) is 1. The van der Waals surface area contributed by atoms with E-state index in [0.717, 1.165) is 9.87 Å². The lowest BCUT2D eigenvalue weighted by atomic mass is 10.0. The fourth-order valence-electron chi connectivity index (χ4n) is 5.42. The van der Waals surface area contributed by atoms with Gasteiger partial charge in [-0.25, -0.2) is 8.42 Å². The molecule has 0 aliphatic heterocycles. The van der Waals surface area contributed by atoms with Gasteiger partial charge in [0.1, 0.15) is 24.1 Å². The van der Waals surface area contributed by atoms with Crippen molar-refractivity contribution in [2.24, 2.45) is 5.92 Å². The Hall–Kier alpha value is -4.65. The summed E-state index contributed by atoms with van der Waals surface area (Å²) in [6.07, 6.45) is 0.132. The second-order valence-electron chi connectivity index (χ2n) is 12.2. The highest BCUT2D eigenvalue weighted by Gasteiger charge is 2.36. The Morgan fingerprint density at radius 2 is 1.46 bits per heavy atom. The minimum atomic E-state index is -4.54. The number of halogens is 2. The third-order valence-electron chi connectivity index (χ3n) is 8.19. The van der Waals surface area contributed by atoms with Crippen molar-refractivity contribution in [3.8, 4) is 23.0 Å². The monoisotopic (exact) mass is 771 g/mol. The molecule has 0 bridgehead atoms. The van der Waals surface area contributed by atoms with Crippen LogP contribution in [0, 0.1) is 5.92 Å². The van der Waals surface area contributed by atoms with Gasteiger partial charge in [-0.15, -0.1) is 0 Å². The molecule has 0 heterocycles. The molecule has 1 N–H and O–H groups in total. The van der Waals surface area contributed by atoms with Gasteiger partial charge in [0, 0.05) is 41.7 Å². The molecule has 52 heavy (non-hydrogen) atoms. The molecule has 0 fully saturated rings. The van der Waals surface area contributed by atoms with Crippen LogP contribution >= 0.6 is 23.2 Å². The largest absolute Gasteiger partial charge is 0.497 e. The Morgan fingerprint density at radius 1 is 0.788 bits per heavy atom. The van der Waals surface area contributed by atoms with Crippen molar-refractivity contribution in [2.45, 2.75) is 37.8 Å². The molecular formula is C38H43Cl2N3O8S. The number of nitrogens with zero attached hydrogens (tertiary/aromatic N) is 2. The lowest BCUT2D eigenvalue weighted by Gasteiger charge is -2.34. The first-order valence-electron chi connectivity index (χ1n) is 16.3. The Bertz CT molecular complexity index is 1960. The van der Waals surface area contributed by atoms with E-state index in [9.17, 15) is 18.0 Å². The number of rotatable bonds is 17. The summed E-state index contributed by atoms with van der Waals surface area (Å²) in [6, 6.07) is 21.7. The van der Waals surface area contributed by atoms with E-state index < -0.39 is 34.4 Å². The molecule has 0 aliphatic carbocycles. The molecule has 0 saturated carbocycles. The summed E-state index contributed by atoms with van der Waals surface area (Å²) in [5, 5.41) is 3.63. The molecule has 278 valence electrons. The van der Waals surface area contributed by atoms with E-state index in [1.807, 2.05) is 44.2 Å². The number of ether oxygens (including phenoxy) is 4. The van der Waals surface area contributed by atoms with Crippen LogP contribution in [0.1, 0.15) is 25.0 Å². The van der Waals surface area contributed by atoms with Crippen molar-refractivity contribution in [2.75, 3.05) is 45.8 Å². The normalized spacial score (nSPS) is 11.8. The van der Waals surface area contributed by atoms with E-state index >= 15 is 0 Å². The van der Waals surface area contributed by atoms with Crippen LogP contribution in [0.3, 0.4) is 0 Å². The van der Waals surface area contributed by atoms with Gasteiger partial charge in [-0.2, -0.15) is 0 Å². The van der Waals surface area contributed by atoms with Crippen LogP contribution in [-0.4, -0.2) is 72.7 Å². The van der Waals surface area contributed by atoms with Gasteiger partial charge in [-0.3, -0.25) is 13.9 Å². The van der Waals surface area contributed by atoms with E-state index in [2.05, 4.69) is 5.32 Å². The smallest absolute Gasteiger partial charge is 0.265 e. The third-order valence-corrected chi connectivity index (χ3v) is 10.5. The second kappa shape index (κ2) is 18.2. The van der Waals surface area contributed by atoms with Crippen molar-refractivity contribution in [3.05, 3.63) is 106 Å². The van der Waals surface area contributed by atoms with Crippen molar-refractivity contribution >= 4 is 50.7 Å². The fraction of sp³-hybridized carbons (Fsp3) is 0.316. The summed E-state index contributed by atoms with van der Waals surface area (Å²) in [4.78, 5) is 30.1. The number of carbonyl (C=O) groups is 2. The lowest BCUT2D eigenvalue weighted by molar-refractivity contribution is -0.140. The molecule has 0 aromatic heterocycles. The number of methoxy groups -OCH3 is 4. The van der Waals surface area contributed by atoms with Crippen LogP contribution in [0.2, 0.25) is 10.0 Å². The summed E-state index contributed by atoms with van der Waals surface area (Å²) in [6.45, 7) is 3.40. The average Bonchev–Trinajstić information content (AvgIpc) is 3.14. The number of carbonyl (C=O) groups excluding carboxylic acids is 2. The molecule has 14 heteroatoms. The maximum atomic E-state index is 14.9. The quantitative estimate of drug-likeness (QED) is 0.127. The van der Waals surface area contributed by atoms with E-state index in [-0.39, 0.29) is 46.0 Å². The number of amides is 2. The van der Waals surface area contributed by atoms with Gasteiger partial charge in [0.25, 0.3) is 10.0 Å². The fourth-order valence-corrected chi connectivity index (χ4v) is 7.32. The van der Waals surface area contributed by atoms with Gasteiger partial charge in [0.15, 0.2) is 11.5 Å². The van der Waals surface area contributed by atoms with E-state index in [1.165, 1.54) is 57.6 Å². The molecule has 0 spiro atoms. The van der Waals surface area contributed by atoms with Gasteiger partial charge in [0.05, 0.1) is 39.0 Å². The summed E-state index contributed by atoms with van der Waals surface area (Å²) < 4.78 is 52.1. The topological polar surface area (TPSA) is 124 Å². The first kappa shape index (κ1) is 40.1. The van der Waals surface area contributed by atoms with E-state index in [0.29, 0.717) is 28.6 Å². The van der Waals surface area contributed by atoms with Gasteiger partial charge < -0.3 is 29.2 Å². The maximum absolute atomic E-state index is 14.9. The molecule has 0 radical (unpaired) electrons. The highest BCUT2D eigenvalue weighted by Crippen LogP contribution is 2.38. The predicted molar refractivity (Wildman–Crippen MR) is 202 cm³/mol. The highest BCUT2D eigenvalue weighted by atomic mass is 35.5. The maximum Gasteiger partial charge on any atom is 0.265 e. The van der Waals surface area contributed by atoms with Crippen molar-refractivity contribution in [1.82, 2.24) is 10.2 Å². The summed E-state index contributed by atoms with van der Waals surface area (Å²) >= 11 is 12.8. The van der Waals surface area contributed by atoms with Gasteiger partial charge in [0.2, 0.25) is 11.8 Å². The van der Waals surface area contributed by atoms with Crippen molar-refractivity contribution in [3.63, 3.8) is 0 Å². The van der Waals surface area contributed by atoms with Crippen LogP contribution in [0.15, 0.2) is 89.8 Å². The Balaban J connectivity index is 1.91. The Morgan fingerprint density at radius 3 is 2.08 bits per heavy atom. The first-order valence-corrected chi connectivity index (χ1v) is 18.5. The summed E-state index contributed by atoms with van der Waals surface area (Å²) in [7, 11) is 1.10. The Labute approximate surface area is 315 Å². The lowest BCUT2D eigenvalue weighted by Crippen LogP contribution is -2.53. The Kier molecular flexibility index (Phi) is 14.1. The molecule has 4 aromatic rings. The predicted octanol–water partition coefficient (Wildman–Crippen LogP) is 6.64. The van der Waals surface area contributed by atoms with Crippen LogP contribution < -0.4 is 28.6 Å². The number of anilines is 1. The van der Waals surface area contributed by atoms with Gasteiger partial charge >= 0.3 is 0 Å². The zero-order valence-corrected chi connectivity index (χ0v) is 32.2. The molecule has 0 saturated heterocycles. The minimum absolute atomic E-state index is 0.0262. The standard InChI is InChI=1S/C38H43Cl2N3O8S/c1-25(2)22-41-38(45)33(18-26-10-8-7-9-11-26)42(23-27-12-13-28(39)19-31(27)40)37(44)24-43(32-20-29(48-3)14-16-34(32)49-4)52(46,47)30-15-17-35(50-5)36(21-30)51-6/h7-17,19-21,25,33H,18,22-24H2,1-6H3,(H,41,45). The zero-order valence-electron chi connectivity index (χ0n) is 29.9. The van der Waals surface area contributed by atoms with Crippen LogP contribution in [0.5, 0.6) is 23.0 Å². The number of nitrogens with one attached hydrogen (secondary N) is 1. The molecule has 1 unspecified atom stereocenters. The molecule has 0 aliphatic rings. The summed E-state index contributed by atoms with van der Waals surface area (Å²) in [5.41, 5.74) is 1.32. The van der Waals surface area contributed by atoms with E-state index in [4.69, 9.17) is 42.1 Å². The van der Waals surface area contributed by atoms with Gasteiger partial charge in [-0.1, -0.05) is 73.4 Å². The second-order valence-corrected chi connectivity index (χ2v) is 14.9. The first-order chi connectivity index (χ1) is 24.8. The summed E-state index contributed by atoms with van der Waals surface area (Å²) in [5.74, 6) is -0.0406. The molecule has 11 nitrogen and oxygen atoms in total. The number of hydrogen-bond acceptors (Lipinski definition) is 8. The molecule has 4 rings (SSSR count). The molecular weight excluding hydrogens is 729 g/mol. The van der Waals surface area contributed by atoms with Crippen molar-refractivity contribution < 1.29 is 37.0 Å². The molecule has 2 amide bonds. The highest BCUT2D eigenvalue weighted by molar-refractivity contribution is 7.92. The van der Waals surface area contributed by atoms with Gasteiger partial charge in [-0.05, 0) is 53.4 Å². The zero-order chi connectivity index (χ0) is 38.0.